The van der Waals surface area contributed by atoms with E-state index in [9.17, 15) is 4.79 Å². The Kier molecular flexibility index (Phi) is 5.86. The van der Waals surface area contributed by atoms with Gasteiger partial charge in [-0.25, -0.2) is 4.52 Å². The number of esters is 1. The number of carbonyl (C=O) groups is 1. The lowest BCUT2D eigenvalue weighted by atomic mass is 10.0. The van der Waals surface area contributed by atoms with Crippen molar-refractivity contribution in [3.05, 3.63) is 77.4 Å². The molecule has 2 heterocycles. The summed E-state index contributed by atoms with van der Waals surface area (Å²) in [4.78, 5) is 12.6. The minimum atomic E-state index is -0.272. The first-order valence-electron chi connectivity index (χ1n) is 10.2. The third kappa shape index (κ3) is 3.83. The standard InChI is InChI=1S/C25H23ClN2O2/c1-3-9-22(29)30-25-23(18-12-8-13-19(26)16-18)21-15-14-20(4-2)28(21)27-24(25)17-10-6-5-7-11-17/h5-8,10-16H,3-4,9H2,1-2H3. The fourth-order valence-electron chi connectivity index (χ4n) is 3.60. The average molecular weight is 419 g/mol. The fourth-order valence-corrected chi connectivity index (χ4v) is 3.79. The van der Waals surface area contributed by atoms with Crippen LogP contribution in [0.2, 0.25) is 5.02 Å². The van der Waals surface area contributed by atoms with Gasteiger partial charge < -0.3 is 4.74 Å². The second-order valence-corrected chi connectivity index (χ2v) is 7.56. The fraction of sp³-hybridized carbons (Fsp3) is 0.200. The summed E-state index contributed by atoms with van der Waals surface area (Å²) in [5.41, 5.74) is 5.18. The summed E-state index contributed by atoms with van der Waals surface area (Å²) >= 11 is 6.31. The van der Waals surface area contributed by atoms with Crippen molar-refractivity contribution in [3.63, 3.8) is 0 Å². The molecule has 0 amide bonds. The number of hydrogen-bond donors (Lipinski definition) is 0. The summed E-state index contributed by atoms with van der Waals surface area (Å²) in [5, 5.41) is 5.53. The van der Waals surface area contributed by atoms with E-state index in [0.717, 1.165) is 34.3 Å². The van der Waals surface area contributed by atoms with Crippen LogP contribution in [0.15, 0.2) is 66.7 Å². The van der Waals surface area contributed by atoms with Crippen molar-refractivity contribution in [2.45, 2.75) is 33.1 Å². The van der Waals surface area contributed by atoms with Crippen molar-refractivity contribution in [3.8, 4) is 28.1 Å². The van der Waals surface area contributed by atoms with E-state index in [4.69, 9.17) is 21.4 Å². The number of fused-ring (bicyclic) bond motifs is 1. The second kappa shape index (κ2) is 8.72. The van der Waals surface area contributed by atoms with Gasteiger partial charge in [-0.3, -0.25) is 4.79 Å². The number of halogens is 1. The van der Waals surface area contributed by atoms with Crippen LogP contribution in [-0.2, 0) is 11.2 Å². The number of benzene rings is 2. The van der Waals surface area contributed by atoms with E-state index in [0.29, 0.717) is 29.3 Å². The molecule has 0 unspecified atom stereocenters. The Balaban J connectivity index is 2.08. The number of aromatic nitrogens is 2. The summed E-state index contributed by atoms with van der Waals surface area (Å²) in [6.07, 6.45) is 1.89. The first kappa shape index (κ1) is 20.2. The van der Waals surface area contributed by atoms with Crippen LogP contribution in [0.25, 0.3) is 27.9 Å². The third-order valence-electron chi connectivity index (χ3n) is 5.02. The van der Waals surface area contributed by atoms with Crippen LogP contribution >= 0.6 is 11.6 Å². The molecule has 0 radical (unpaired) electrons. The largest absolute Gasteiger partial charge is 0.423 e. The van der Waals surface area contributed by atoms with Crippen LogP contribution in [0.1, 0.15) is 32.4 Å². The van der Waals surface area contributed by atoms with Gasteiger partial charge in [0.15, 0.2) is 5.75 Å². The first-order chi connectivity index (χ1) is 14.6. The van der Waals surface area contributed by atoms with Crippen molar-refractivity contribution in [2.24, 2.45) is 0 Å². The van der Waals surface area contributed by atoms with Crippen molar-refractivity contribution >= 4 is 23.1 Å². The Morgan fingerprint density at radius 1 is 1.00 bits per heavy atom. The van der Waals surface area contributed by atoms with Gasteiger partial charge in [-0.15, -0.1) is 0 Å². The molecular formula is C25H23ClN2O2. The number of hydrogen-bond acceptors (Lipinski definition) is 3. The molecule has 0 aliphatic heterocycles. The lowest BCUT2D eigenvalue weighted by Crippen LogP contribution is -2.11. The van der Waals surface area contributed by atoms with Crippen LogP contribution in [0.5, 0.6) is 5.75 Å². The number of aryl methyl sites for hydroxylation is 1. The maximum Gasteiger partial charge on any atom is 0.311 e. The Morgan fingerprint density at radius 2 is 1.77 bits per heavy atom. The number of carbonyl (C=O) groups excluding carboxylic acids is 1. The van der Waals surface area contributed by atoms with Crippen molar-refractivity contribution in [2.75, 3.05) is 0 Å². The van der Waals surface area contributed by atoms with Gasteiger partial charge in [0, 0.05) is 22.7 Å². The summed E-state index contributed by atoms with van der Waals surface area (Å²) in [6.45, 7) is 4.05. The molecule has 0 saturated carbocycles. The van der Waals surface area contributed by atoms with Crippen molar-refractivity contribution in [1.82, 2.24) is 9.61 Å². The second-order valence-electron chi connectivity index (χ2n) is 7.13. The van der Waals surface area contributed by atoms with Crippen LogP contribution in [0, 0.1) is 0 Å². The summed E-state index contributed by atoms with van der Waals surface area (Å²) in [6, 6.07) is 21.5. The molecule has 0 aliphatic rings. The van der Waals surface area contributed by atoms with Gasteiger partial charge in [0.2, 0.25) is 0 Å². The highest BCUT2D eigenvalue weighted by Crippen LogP contribution is 2.42. The highest BCUT2D eigenvalue weighted by molar-refractivity contribution is 6.30. The normalized spacial score (nSPS) is 11.0. The first-order valence-corrected chi connectivity index (χ1v) is 10.6. The Bertz CT molecular complexity index is 1200. The van der Waals surface area contributed by atoms with Crippen LogP contribution in [0.4, 0.5) is 0 Å². The molecule has 0 saturated heterocycles. The van der Waals surface area contributed by atoms with E-state index in [1.807, 2.05) is 72.1 Å². The van der Waals surface area contributed by atoms with Gasteiger partial charge >= 0.3 is 5.97 Å². The maximum atomic E-state index is 12.6. The van der Waals surface area contributed by atoms with E-state index >= 15 is 0 Å². The lowest BCUT2D eigenvalue weighted by molar-refractivity contribution is -0.134. The molecule has 2 aromatic heterocycles. The highest BCUT2D eigenvalue weighted by atomic mass is 35.5. The van der Waals surface area contributed by atoms with Gasteiger partial charge in [-0.05, 0) is 42.7 Å². The van der Waals surface area contributed by atoms with E-state index < -0.39 is 0 Å². The average Bonchev–Trinajstić information content (AvgIpc) is 3.16. The Labute approximate surface area is 181 Å². The summed E-state index contributed by atoms with van der Waals surface area (Å²) < 4.78 is 7.90. The molecule has 4 aromatic rings. The molecule has 0 fully saturated rings. The highest BCUT2D eigenvalue weighted by Gasteiger charge is 2.23. The van der Waals surface area contributed by atoms with Crippen molar-refractivity contribution < 1.29 is 9.53 Å². The van der Waals surface area contributed by atoms with Gasteiger partial charge in [0.05, 0.1) is 11.1 Å². The minimum absolute atomic E-state index is 0.272. The van der Waals surface area contributed by atoms with Crippen molar-refractivity contribution in [1.29, 1.82) is 0 Å². The number of rotatable bonds is 6. The third-order valence-corrected chi connectivity index (χ3v) is 5.26. The molecule has 2 aromatic carbocycles. The SMILES string of the molecule is CCCC(=O)Oc1c(-c2ccccc2)nn2c(CC)ccc2c1-c1cccc(Cl)c1. The molecular weight excluding hydrogens is 396 g/mol. The predicted molar refractivity (Wildman–Crippen MR) is 121 cm³/mol. The van der Waals surface area contributed by atoms with Crippen LogP contribution in [0.3, 0.4) is 0 Å². The van der Waals surface area contributed by atoms with Gasteiger partial charge in [-0.2, -0.15) is 5.10 Å². The molecule has 0 spiro atoms. The molecule has 5 heteroatoms. The Hall–Kier alpha value is -3.11. The monoisotopic (exact) mass is 418 g/mol. The number of ether oxygens (including phenoxy) is 1. The zero-order valence-electron chi connectivity index (χ0n) is 17.1. The molecule has 0 N–H and O–H groups in total. The predicted octanol–water partition coefficient (Wildman–Crippen LogP) is 6.59. The number of nitrogens with zero attached hydrogens (tertiary/aromatic N) is 2. The summed E-state index contributed by atoms with van der Waals surface area (Å²) in [5.74, 6) is 0.196. The summed E-state index contributed by atoms with van der Waals surface area (Å²) in [7, 11) is 0. The van der Waals surface area contributed by atoms with Gasteiger partial charge in [0.1, 0.15) is 5.69 Å². The quantitative estimate of drug-likeness (QED) is 0.332. The molecule has 0 bridgehead atoms. The maximum absolute atomic E-state index is 12.6. The molecule has 4 rings (SSSR count). The molecule has 0 atom stereocenters. The van der Waals surface area contributed by atoms with Crippen LogP contribution < -0.4 is 4.74 Å². The van der Waals surface area contributed by atoms with E-state index in [-0.39, 0.29) is 5.97 Å². The molecule has 0 aliphatic carbocycles. The van der Waals surface area contributed by atoms with E-state index in [1.165, 1.54) is 0 Å². The van der Waals surface area contributed by atoms with E-state index in [1.54, 1.807) is 0 Å². The molecule has 4 nitrogen and oxygen atoms in total. The zero-order valence-corrected chi connectivity index (χ0v) is 17.8. The smallest absolute Gasteiger partial charge is 0.311 e. The lowest BCUT2D eigenvalue weighted by Gasteiger charge is -2.17. The topological polar surface area (TPSA) is 43.6 Å². The van der Waals surface area contributed by atoms with Gasteiger partial charge in [0.25, 0.3) is 0 Å². The van der Waals surface area contributed by atoms with E-state index in [2.05, 4.69) is 13.0 Å². The molecule has 30 heavy (non-hydrogen) atoms. The van der Waals surface area contributed by atoms with Crippen LogP contribution in [-0.4, -0.2) is 15.6 Å². The van der Waals surface area contributed by atoms with Gasteiger partial charge in [-0.1, -0.05) is 67.9 Å². The zero-order chi connectivity index (χ0) is 21.1. The molecule has 152 valence electrons. The minimum Gasteiger partial charge on any atom is -0.423 e. The Morgan fingerprint density at radius 3 is 2.47 bits per heavy atom.